The van der Waals surface area contributed by atoms with Crippen molar-refractivity contribution in [2.24, 2.45) is 0 Å². The number of Topliss-reactive ketones (excluding diaryl/α,β-unsaturated/α-hetero) is 1. The van der Waals surface area contributed by atoms with E-state index in [-0.39, 0.29) is 47.4 Å². The van der Waals surface area contributed by atoms with E-state index < -0.39 is 22.7 Å². The van der Waals surface area contributed by atoms with Crippen LogP contribution in [-0.4, -0.2) is 38.4 Å². The number of rotatable bonds is 7. The first-order valence-electron chi connectivity index (χ1n) is 10.2. The maximum atomic E-state index is 12.8. The van der Waals surface area contributed by atoms with Crippen LogP contribution in [0.2, 0.25) is 5.02 Å². The summed E-state index contributed by atoms with van der Waals surface area (Å²) in [5, 5.41) is 11.3. The molecule has 0 spiro atoms. The average molecular weight is 523 g/mol. The number of aliphatic hydroxyl groups excluding tert-OH is 1. The smallest absolute Gasteiger partial charge is 0.395 e. The van der Waals surface area contributed by atoms with Crippen LogP contribution >= 0.6 is 22.9 Å². The molecule has 0 saturated carbocycles. The number of aliphatic hydroxyl groups is 1. The van der Waals surface area contributed by atoms with E-state index in [2.05, 4.69) is 32.1 Å². The normalized spacial score (nSPS) is 11.9. The molecule has 7 nitrogen and oxygen atoms in total. The summed E-state index contributed by atoms with van der Waals surface area (Å²) >= 11 is 6.76. The van der Waals surface area contributed by atoms with Gasteiger partial charge < -0.3 is 10.4 Å². The van der Waals surface area contributed by atoms with Crippen molar-refractivity contribution in [3.63, 3.8) is 0 Å². The molecule has 1 atom stereocenters. The van der Waals surface area contributed by atoms with Gasteiger partial charge in [0.2, 0.25) is 0 Å². The number of carbonyl (C=O) groups is 2. The fourth-order valence-electron chi connectivity index (χ4n) is 2.89. The molecule has 1 aromatic carbocycles. The number of ketones is 1. The molecular weight excluding hydrogens is 505 g/mol. The third-order valence-corrected chi connectivity index (χ3v) is 6.14. The number of aromatic nitrogens is 3. The number of nitrogens with one attached hydrogen (secondary N) is 1. The van der Waals surface area contributed by atoms with Gasteiger partial charge in [-0.3, -0.25) is 9.59 Å². The van der Waals surface area contributed by atoms with Crippen LogP contribution in [0.25, 0.3) is 0 Å². The summed E-state index contributed by atoms with van der Waals surface area (Å²) in [6.45, 7) is 1.70. The van der Waals surface area contributed by atoms with Crippen molar-refractivity contribution in [1.29, 1.82) is 0 Å². The number of anilines is 1. The lowest BCUT2D eigenvalue weighted by Gasteiger charge is -2.10. The molecule has 0 saturated heterocycles. The maximum Gasteiger partial charge on any atom is 0.417 e. The van der Waals surface area contributed by atoms with Gasteiger partial charge in [-0.2, -0.15) is 13.2 Å². The standard InChI is InChI=1S/C23H18ClF3N4O3S/c1-13(8-19(33)18-10-14(29-12-30-18)4-2-3-7-32)22-28-11-20(35-22)21(34)31-15-5-6-16(17(24)9-15)23(25,26)27/h5-6,9-13,32H,3,7-8H2,1H3,(H,31,34). The minimum atomic E-state index is -4.60. The summed E-state index contributed by atoms with van der Waals surface area (Å²) in [7, 11) is 0. The molecule has 12 heteroatoms. The van der Waals surface area contributed by atoms with Gasteiger partial charge in [0.05, 0.1) is 28.4 Å². The molecule has 0 aliphatic heterocycles. The Morgan fingerprint density at radius 2 is 2.00 bits per heavy atom. The Morgan fingerprint density at radius 1 is 1.23 bits per heavy atom. The van der Waals surface area contributed by atoms with E-state index in [1.165, 1.54) is 18.6 Å². The third kappa shape index (κ3) is 7.08. The molecule has 2 aromatic heterocycles. The van der Waals surface area contributed by atoms with Gasteiger partial charge in [-0.05, 0) is 24.1 Å². The van der Waals surface area contributed by atoms with Gasteiger partial charge in [0.15, 0.2) is 5.78 Å². The average Bonchev–Trinajstić information content (AvgIpc) is 3.29. The van der Waals surface area contributed by atoms with Crippen molar-refractivity contribution in [3.05, 3.63) is 68.6 Å². The van der Waals surface area contributed by atoms with Crippen LogP contribution in [0.15, 0.2) is 36.8 Å². The number of benzene rings is 1. The highest BCUT2D eigenvalue weighted by atomic mass is 35.5. The fraction of sp³-hybridized carbons (Fsp3) is 0.261. The lowest BCUT2D eigenvalue weighted by Crippen LogP contribution is -2.11. The van der Waals surface area contributed by atoms with Crippen LogP contribution in [0.3, 0.4) is 0 Å². The molecule has 2 N–H and O–H groups in total. The van der Waals surface area contributed by atoms with E-state index in [9.17, 15) is 22.8 Å². The Morgan fingerprint density at radius 3 is 2.69 bits per heavy atom. The molecular formula is C23H18ClF3N4O3S. The number of carbonyl (C=O) groups excluding carboxylic acids is 2. The molecule has 35 heavy (non-hydrogen) atoms. The molecule has 1 amide bonds. The first kappa shape index (κ1) is 26.3. The predicted molar refractivity (Wildman–Crippen MR) is 124 cm³/mol. The zero-order valence-electron chi connectivity index (χ0n) is 18.2. The number of hydrogen-bond acceptors (Lipinski definition) is 7. The molecule has 0 fully saturated rings. The molecule has 2 heterocycles. The number of halogens is 4. The molecule has 0 radical (unpaired) electrons. The monoisotopic (exact) mass is 522 g/mol. The van der Waals surface area contributed by atoms with Crippen LogP contribution in [-0.2, 0) is 6.18 Å². The van der Waals surface area contributed by atoms with Gasteiger partial charge in [-0.25, -0.2) is 15.0 Å². The molecule has 182 valence electrons. The lowest BCUT2D eigenvalue weighted by molar-refractivity contribution is -0.137. The first-order valence-corrected chi connectivity index (χ1v) is 11.4. The summed E-state index contributed by atoms with van der Waals surface area (Å²) in [4.78, 5) is 37.5. The van der Waals surface area contributed by atoms with Crippen LogP contribution in [0.1, 0.15) is 62.1 Å². The van der Waals surface area contributed by atoms with E-state index in [1.807, 2.05) is 0 Å². The van der Waals surface area contributed by atoms with E-state index >= 15 is 0 Å². The Balaban J connectivity index is 1.64. The van der Waals surface area contributed by atoms with Crippen LogP contribution in [0.4, 0.5) is 18.9 Å². The quantitative estimate of drug-likeness (QED) is 0.335. The predicted octanol–water partition coefficient (Wildman–Crippen LogP) is 4.97. The third-order valence-electron chi connectivity index (χ3n) is 4.60. The molecule has 3 rings (SSSR count). The second-order valence-electron chi connectivity index (χ2n) is 7.30. The lowest BCUT2D eigenvalue weighted by atomic mass is 10.0. The van der Waals surface area contributed by atoms with Crippen LogP contribution < -0.4 is 5.32 Å². The van der Waals surface area contributed by atoms with E-state index in [4.69, 9.17) is 16.7 Å². The Kier molecular flexibility index (Phi) is 8.56. The van der Waals surface area contributed by atoms with Crippen molar-refractivity contribution in [3.8, 4) is 11.8 Å². The highest BCUT2D eigenvalue weighted by Gasteiger charge is 2.33. The number of alkyl halides is 3. The van der Waals surface area contributed by atoms with E-state index in [0.717, 1.165) is 29.5 Å². The van der Waals surface area contributed by atoms with Gasteiger partial charge in [0.25, 0.3) is 5.91 Å². The molecule has 0 aliphatic rings. The first-order chi connectivity index (χ1) is 16.6. The fourth-order valence-corrected chi connectivity index (χ4v) is 4.05. The number of amides is 1. The summed E-state index contributed by atoms with van der Waals surface area (Å²) < 4.78 is 38.5. The maximum absolute atomic E-state index is 12.8. The highest BCUT2D eigenvalue weighted by Crippen LogP contribution is 2.36. The highest BCUT2D eigenvalue weighted by molar-refractivity contribution is 7.13. The summed E-state index contributed by atoms with van der Waals surface area (Å²) in [6, 6.07) is 4.39. The zero-order valence-corrected chi connectivity index (χ0v) is 19.8. The van der Waals surface area contributed by atoms with Gasteiger partial charge in [0, 0.05) is 30.5 Å². The minimum Gasteiger partial charge on any atom is -0.395 e. The number of thiazole rings is 1. The van der Waals surface area contributed by atoms with Crippen molar-refractivity contribution >= 4 is 40.3 Å². The number of nitrogens with zero attached hydrogens (tertiary/aromatic N) is 3. The largest absolute Gasteiger partial charge is 0.417 e. The SMILES string of the molecule is CC(CC(=O)c1cc(C#CCCO)ncn1)c1ncc(C(=O)Nc2ccc(C(F)(F)F)c(Cl)c2)s1. The van der Waals surface area contributed by atoms with E-state index in [1.54, 1.807) is 6.92 Å². The Bertz CT molecular complexity index is 1300. The van der Waals surface area contributed by atoms with Crippen molar-refractivity contribution < 1.29 is 27.9 Å². The second-order valence-corrected chi connectivity index (χ2v) is 8.77. The van der Waals surface area contributed by atoms with Gasteiger partial charge >= 0.3 is 6.18 Å². The number of hydrogen-bond donors (Lipinski definition) is 2. The molecule has 0 aliphatic carbocycles. The van der Waals surface area contributed by atoms with Crippen molar-refractivity contribution in [1.82, 2.24) is 15.0 Å². The van der Waals surface area contributed by atoms with Crippen molar-refractivity contribution in [2.75, 3.05) is 11.9 Å². The second kappa shape index (κ2) is 11.4. The van der Waals surface area contributed by atoms with Crippen molar-refractivity contribution in [2.45, 2.75) is 31.9 Å². The zero-order chi connectivity index (χ0) is 25.6. The van der Waals surface area contributed by atoms with Gasteiger partial charge in [0.1, 0.15) is 22.6 Å². The topological polar surface area (TPSA) is 105 Å². The summed E-state index contributed by atoms with van der Waals surface area (Å²) in [5.74, 6) is 4.32. The molecule has 0 bridgehead atoms. The molecule has 1 unspecified atom stereocenters. The minimum absolute atomic E-state index is 0.0730. The summed E-state index contributed by atoms with van der Waals surface area (Å²) in [5.41, 5.74) is -0.341. The Hall–Kier alpha value is -3.33. The summed E-state index contributed by atoms with van der Waals surface area (Å²) in [6.07, 6.45) is -1.66. The molecule has 3 aromatic rings. The van der Waals surface area contributed by atoms with Crippen LogP contribution in [0, 0.1) is 11.8 Å². The Labute approximate surface area is 207 Å². The van der Waals surface area contributed by atoms with E-state index in [0.29, 0.717) is 10.7 Å². The van der Waals surface area contributed by atoms with Gasteiger partial charge in [-0.15, -0.1) is 11.3 Å². The van der Waals surface area contributed by atoms with Crippen LogP contribution in [0.5, 0.6) is 0 Å². The van der Waals surface area contributed by atoms with Gasteiger partial charge in [-0.1, -0.05) is 24.4 Å².